The van der Waals surface area contributed by atoms with E-state index in [1.54, 1.807) is 0 Å². The summed E-state index contributed by atoms with van der Waals surface area (Å²) in [5.41, 5.74) is 14.7. The third-order valence-corrected chi connectivity index (χ3v) is 5.35. The van der Waals surface area contributed by atoms with E-state index in [1.165, 1.54) is 13.8 Å². The van der Waals surface area contributed by atoms with Crippen molar-refractivity contribution in [1.29, 1.82) is 0 Å². The quantitative estimate of drug-likeness (QED) is 0.0480. The number of nitrogens with zero attached hydrogens (tertiary/aromatic N) is 1. The van der Waals surface area contributed by atoms with Crippen LogP contribution in [0.1, 0.15) is 37.0 Å². The minimum Gasteiger partial charge on any atom is -0.394 e. The van der Waals surface area contributed by atoms with Gasteiger partial charge in [0.05, 0.1) is 18.7 Å². The monoisotopic (exact) mass is 573 g/mol. The van der Waals surface area contributed by atoms with Crippen LogP contribution in [-0.2, 0) is 19.2 Å². The van der Waals surface area contributed by atoms with E-state index in [0.29, 0.717) is 12.1 Å². The van der Waals surface area contributed by atoms with Gasteiger partial charge in [0.2, 0.25) is 23.6 Å². The molecule has 0 heterocycles. The van der Waals surface area contributed by atoms with Gasteiger partial charge in [-0.1, -0.05) is 13.8 Å². The highest BCUT2D eigenvalue weighted by atomic mass is 19.2. The van der Waals surface area contributed by atoms with Crippen LogP contribution in [0.5, 0.6) is 0 Å². The molecule has 222 valence electrons. The number of benzene rings is 1. The number of aliphatic hydroxyl groups excluding tert-OH is 1. The topological polar surface area (TPSA) is 244 Å². The Hall–Kier alpha value is -4.41. The predicted molar refractivity (Wildman–Crippen MR) is 135 cm³/mol. The standard InChI is InChI=1S/C23H33F3N8O6/c1-10(2)18(34-19(37)11-5-6-12(24)17(26)16(11)25)22(40)32-13(4-3-7-30-23(28)29)21(39)33-14(9-35)20(38)31-8-15(27)36/h5-6,10,13-14,18,35H,3-4,7-9H2,1-2H3,(H2,27,36)(H,31,38)(H,32,40)(H,33,39)(H,34,37)(H4,28,29,30)/t13-,14-,18-/m0/s1/i24-1. The summed E-state index contributed by atoms with van der Waals surface area (Å²) in [5.74, 6) is -10.8. The number of amides is 5. The number of nitrogens with two attached hydrogens (primary N) is 3. The molecular weight excluding hydrogens is 540 g/mol. The average molecular weight is 574 g/mol. The number of rotatable bonds is 15. The molecule has 0 aliphatic carbocycles. The largest absolute Gasteiger partial charge is 0.394 e. The van der Waals surface area contributed by atoms with E-state index in [1.807, 2.05) is 0 Å². The first kappa shape index (κ1) is 33.6. The number of hydrogen-bond donors (Lipinski definition) is 8. The second kappa shape index (κ2) is 15.9. The Morgan fingerprint density at radius 2 is 1.52 bits per heavy atom. The average Bonchev–Trinajstić information content (AvgIpc) is 2.88. The fourth-order valence-electron chi connectivity index (χ4n) is 3.25. The fraction of sp³-hybridized carbons (Fsp3) is 0.478. The zero-order valence-corrected chi connectivity index (χ0v) is 21.8. The van der Waals surface area contributed by atoms with Crippen molar-refractivity contribution >= 4 is 35.5 Å². The molecule has 0 bridgehead atoms. The van der Waals surface area contributed by atoms with Gasteiger partial charge in [-0.15, -0.1) is 0 Å². The summed E-state index contributed by atoms with van der Waals surface area (Å²) in [6.45, 7) is 1.67. The minimum absolute atomic E-state index is 0.0598. The number of aliphatic hydroxyl groups is 1. The van der Waals surface area contributed by atoms with Crippen LogP contribution in [-0.4, -0.2) is 78.4 Å². The second-order valence-corrected chi connectivity index (χ2v) is 8.86. The zero-order chi connectivity index (χ0) is 30.6. The number of hydrogen-bond acceptors (Lipinski definition) is 7. The minimum atomic E-state index is -1.87. The summed E-state index contributed by atoms with van der Waals surface area (Å²) in [5, 5.41) is 18.5. The van der Waals surface area contributed by atoms with Gasteiger partial charge in [-0.3, -0.25) is 29.0 Å². The maximum absolute atomic E-state index is 14.1. The van der Waals surface area contributed by atoms with Crippen molar-refractivity contribution in [3.8, 4) is 0 Å². The van der Waals surface area contributed by atoms with Gasteiger partial charge in [0.15, 0.2) is 23.4 Å². The Labute approximate surface area is 227 Å². The van der Waals surface area contributed by atoms with Crippen LogP contribution in [0.15, 0.2) is 17.1 Å². The van der Waals surface area contributed by atoms with Gasteiger partial charge in [0.1, 0.15) is 18.1 Å². The molecule has 14 nitrogen and oxygen atoms in total. The SMILES string of the molecule is CC(C)[C@H](NC(=O)c1ccc([18F])c(F)c1F)C(=O)N[C@@H](CCCN=C(N)N)C(=O)N[C@@H](CO)C(=O)NCC(N)=O. The third kappa shape index (κ3) is 10.4. The summed E-state index contributed by atoms with van der Waals surface area (Å²) in [6.07, 6.45) is 0.0820. The summed E-state index contributed by atoms with van der Waals surface area (Å²) < 4.78 is 40.9. The molecule has 1 aromatic carbocycles. The van der Waals surface area contributed by atoms with Crippen LogP contribution >= 0.6 is 0 Å². The van der Waals surface area contributed by atoms with Crippen molar-refractivity contribution in [2.24, 2.45) is 28.1 Å². The molecule has 0 aromatic heterocycles. The highest BCUT2D eigenvalue weighted by Gasteiger charge is 2.31. The van der Waals surface area contributed by atoms with Crippen molar-refractivity contribution in [2.75, 3.05) is 19.7 Å². The van der Waals surface area contributed by atoms with Crippen LogP contribution in [0.25, 0.3) is 0 Å². The fourth-order valence-corrected chi connectivity index (χ4v) is 3.25. The van der Waals surface area contributed by atoms with E-state index < -0.39 is 89.7 Å². The van der Waals surface area contributed by atoms with Crippen molar-refractivity contribution in [3.63, 3.8) is 0 Å². The molecule has 0 spiro atoms. The first-order valence-corrected chi connectivity index (χ1v) is 12.0. The van der Waals surface area contributed by atoms with Crippen LogP contribution in [0.2, 0.25) is 0 Å². The van der Waals surface area contributed by atoms with Crippen molar-refractivity contribution in [1.82, 2.24) is 21.3 Å². The molecule has 0 radical (unpaired) electrons. The van der Waals surface area contributed by atoms with E-state index in [4.69, 9.17) is 17.2 Å². The molecule has 1 rings (SSSR count). The molecule has 0 aliphatic rings. The molecular formula is C23H33F3N8O6. The molecule has 0 saturated carbocycles. The molecule has 11 N–H and O–H groups in total. The molecule has 17 heteroatoms. The first-order valence-electron chi connectivity index (χ1n) is 12.0. The van der Waals surface area contributed by atoms with Crippen molar-refractivity contribution in [2.45, 2.75) is 44.8 Å². The Morgan fingerprint density at radius 1 is 0.900 bits per heavy atom. The lowest BCUT2D eigenvalue weighted by atomic mass is 10.0. The number of primary amides is 1. The van der Waals surface area contributed by atoms with Gasteiger partial charge in [-0.2, -0.15) is 0 Å². The van der Waals surface area contributed by atoms with Gasteiger partial charge in [0, 0.05) is 6.54 Å². The molecule has 0 fully saturated rings. The number of carbonyl (C=O) groups is 5. The molecule has 5 amide bonds. The lowest BCUT2D eigenvalue weighted by Crippen LogP contribution is -2.58. The van der Waals surface area contributed by atoms with Gasteiger partial charge in [-0.05, 0) is 30.9 Å². The summed E-state index contributed by atoms with van der Waals surface area (Å²) in [7, 11) is 0. The third-order valence-electron chi connectivity index (χ3n) is 5.35. The van der Waals surface area contributed by atoms with Crippen LogP contribution < -0.4 is 38.5 Å². The molecule has 40 heavy (non-hydrogen) atoms. The smallest absolute Gasteiger partial charge is 0.255 e. The second-order valence-electron chi connectivity index (χ2n) is 8.86. The number of carbonyl (C=O) groups excluding carboxylic acids is 5. The van der Waals surface area contributed by atoms with Gasteiger partial charge < -0.3 is 43.6 Å². The van der Waals surface area contributed by atoms with E-state index in [-0.39, 0.29) is 25.3 Å². The van der Waals surface area contributed by atoms with Crippen LogP contribution in [0.3, 0.4) is 0 Å². The maximum atomic E-state index is 14.1. The van der Waals surface area contributed by atoms with Crippen LogP contribution in [0.4, 0.5) is 13.2 Å². The lowest BCUT2D eigenvalue weighted by molar-refractivity contribution is -0.134. The molecule has 0 unspecified atom stereocenters. The molecule has 3 atom stereocenters. The Morgan fingerprint density at radius 3 is 2.08 bits per heavy atom. The predicted octanol–water partition coefficient (Wildman–Crippen LogP) is -2.52. The van der Waals surface area contributed by atoms with Gasteiger partial charge in [-0.25, -0.2) is 13.2 Å². The molecule has 0 aliphatic heterocycles. The summed E-state index contributed by atoms with van der Waals surface area (Å²) >= 11 is 0. The zero-order valence-electron chi connectivity index (χ0n) is 21.8. The van der Waals surface area contributed by atoms with E-state index >= 15 is 0 Å². The van der Waals surface area contributed by atoms with Gasteiger partial charge >= 0.3 is 0 Å². The number of halogens is 3. The Kier molecular flexibility index (Phi) is 13.3. The highest BCUT2D eigenvalue weighted by molar-refractivity contribution is 5.99. The van der Waals surface area contributed by atoms with Crippen LogP contribution in [0, 0.1) is 23.4 Å². The van der Waals surface area contributed by atoms with E-state index in [0.717, 1.165) is 0 Å². The number of aliphatic imine (C=N–C) groups is 1. The van der Waals surface area contributed by atoms with E-state index in [2.05, 4.69) is 26.3 Å². The summed E-state index contributed by atoms with van der Waals surface area (Å²) in [4.78, 5) is 65.5. The summed E-state index contributed by atoms with van der Waals surface area (Å²) in [6, 6.07) is -2.98. The first-order chi connectivity index (χ1) is 18.7. The highest BCUT2D eigenvalue weighted by Crippen LogP contribution is 2.16. The number of guanidine groups is 1. The van der Waals surface area contributed by atoms with E-state index in [9.17, 15) is 42.3 Å². The lowest BCUT2D eigenvalue weighted by Gasteiger charge is -2.26. The Balaban J connectivity index is 3.11. The molecule has 0 saturated heterocycles. The van der Waals surface area contributed by atoms with Crippen molar-refractivity contribution < 1.29 is 42.3 Å². The molecule has 1 aromatic rings. The number of nitrogens with one attached hydrogen (secondary N) is 4. The maximum Gasteiger partial charge on any atom is 0.255 e. The van der Waals surface area contributed by atoms with Gasteiger partial charge in [0.25, 0.3) is 5.91 Å². The normalized spacial score (nSPS) is 13.0. The Bertz CT molecular complexity index is 1130. The van der Waals surface area contributed by atoms with Crippen molar-refractivity contribution in [3.05, 3.63) is 35.1 Å².